The summed E-state index contributed by atoms with van der Waals surface area (Å²) in [5.74, 6) is 0. The van der Waals surface area contributed by atoms with Crippen LogP contribution in [0.5, 0.6) is 0 Å². The molecule has 0 bridgehead atoms. The molecule has 0 saturated heterocycles. The van der Waals surface area contributed by atoms with E-state index in [0.29, 0.717) is 18.8 Å². The molecule has 0 aliphatic carbocycles. The van der Waals surface area contributed by atoms with Gasteiger partial charge in [-0.3, -0.25) is 9.55 Å². The van der Waals surface area contributed by atoms with Gasteiger partial charge in [0.25, 0.3) is 0 Å². The number of aryl methyl sites for hydroxylation is 1. The van der Waals surface area contributed by atoms with Crippen LogP contribution in [0.1, 0.15) is 12.8 Å². The molecule has 1 aliphatic heterocycles. The van der Waals surface area contributed by atoms with E-state index in [4.69, 9.17) is 4.74 Å². The van der Waals surface area contributed by atoms with Gasteiger partial charge in [0.05, 0.1) is 18.7 Å². The predicted molar refractivity (Wildman–Crippen MR) is 104 cm³/mol. The summed E-state index contributed by atoms with van der Waals surface area (Å²) in [7, 11) is 0. The van der Waals surface area contributed by atoms with E-state index >= 15 is 0 Å². The highest BCUT2D eigenvalue weighted by Gasteiger charge is 2.12. The number of hydrogen-bond donors (Lipinski definition) is 2. The van der Waals surface area contributed by atoms with E-state index in [-0.39, 0.29) is 5.69 Å². The van der Waals surface area contributed by atoms with Crippen LogP contribution < -0.4 is 5.69 Å². The van der Waals surface area contributed by atoms with E-state index in [9.17, 15) is 4.79 Å². The molecule has 0 fully saturated rings. The summed E-state index contributed by atoms with van der Waals surface area (Å²) in [5.41, 5.74) is 5.42. The molecule has 4 aromatic heterocycles. The molecule has 4 aromatic rings. The number of fused-ring (bicyclic) bond motifs is 2. The second kappa shape index (κ2) is 6.51. The third kappa shape index (κ3) is 2.96. The minimum absolute atomic E-state index is 0.124. The van der Waals surface area contributed by atoms with Crippen LogP contribution >= 0.6 is 0 Å². The topological polar surface area (TPSA) is 88.6 Å². The van der Waals surface area contributed by atoms with Crippen molar-refractivity contribution < 1.29 is 4.74 Å². The van der Waals surface area contributed by atoms with Gasteiger partial charge in [0, 0.05) is 41.6 Å². The molecule has 27 heavy (non-hydrogen) atoms. The number of pyridine rings is 2. The Morgan fingerprint density at radius 3 is 2.85 bits per heavy atom. The number of nitrogens with zero attached hydrogens (tertiary/aromatic N) is 3. The molecule has 136 valence electrons. The Balaban J connectivity index is 1.52. The maximum atomic E-state index is 12.4. The van der Waals surface area contributed by atoms with E-state index in [0.717, 1.165) is 47.1 Å². The molecule has 0 atom stereocenters. The smallest absolute Gasteiger partial charge is 0.327 e. The summed E-state index contributed by atoms with van der Waals surface area (Å²) in [6.07, 6.45) is 9.37. The van der Waals surface area contributed by atoms with Crippen molar-refractivity contribution in [2.75, 3.05) is 13.2 Å². The average Bonchev–Trinajstić information content (AvgIpc) is 3.29. The molecule has 0 radical (unpaired) electrons. The van der Waals surface area contributed by atoms with Crippen molar-refractivity contribution >= 4 is 22.2 Å². The highest BCUT2D eigenvalue weighted by molar-refractivity contribution is 5.84. The van der Waals surface area contributed by atoms with Crippen LogP contribution in [-0.2, 0) is 11.3 Å². The standard InChI is InChI=1S/C20H19N5O2/c26-20-24-19-17(25(20)6-2-13-3-7-27-8-4-13)10-16(12-23-19)15-9-14-1-5-21-18(14)22-11-15/h1,3,5,9-12H,2,4,6-8H2,(H,21,22)(H,23,24,26). The van der Waals surface area contributed by atoms with Crippen LogP contribution in [0.2, 0.25) is 0 Å². The molecular formula is C20H19N5O2. The zero-order chi connectivity index (χ0) is 18.2. The van der Waals surface area contributed by atoms with Crippen molar-refractivity contribution in [1.29, 1.82) is 0 Å². The summed E-state index contributed by atoms with van der Waals surface area (Å²) in [5, 5.41) is 1.05. The summed E-state index contributed by atoms with van der Waals surface area (Å²) in [6.45, 7) is 2.05. The van der Waals surface area contributed by atoms with Crippen LogP contribution in [0.25, 0.3) is 33.3 Å². The van der Waals surface area contributed by atoms with Crippen molar-refractivity contribution in [1.82, 2.24) is 24.5 Å². The second-order valence-electron chi connectivity index (χ2n) is 6.75. The highest BCUT2D eigenvalue weighted by atomic mass is 16.5. The third-order valence-corrected chi connectivity index (χ3v) is 5.08. The number of H-pyrrole nitrogens is 2. The maximum absolute atomic E-state index is 12.4. The maximum Gasteiger partial charge on any atom is 0.327 e. The first-order valence-electron chi connectivity index (χ1n) is 9.06. The average molecular weight is 361 g/mol. The molecule has 1 aliphatic rings. The molecule has 7 nitrogen and oxygen atoms in total. The largest absolute Gasteiger partial charge is 0.377 e. The van der Waals surface area contributed by atoms with Gasteiger partial charge < -0.3 is 9.72 Å². The third-order valence-electron chi connectivity index (χ3n) is 5.08. The van der Waals surface area contributed by atoms with Gasteiger partial charge in [-0.05, 0) is 31.0 Å². The molecule has 0 aromatic carbocycles. The van der Waals surface area contributed by atoms with Crippen LogP contribution in [0.4, 0.5) is 0 Å². The first-order chi connectivity index (χ1) is 13.3. The van der Waals surface area contributed by atoms with Gasteiger partial charge in [0.1, 0.15) is 5.65 Å². The Morgan fingerprint density at radius 2 is 2.00 bits per heavy atom. The van der Waals surface area contributed by atoms with E-state index in [1.54, 1.807) is 10.8 Å². The van der Waals surface area contributed by atoms with Gasteiger partial charge in [-0.25, -0.2) is 14.8 Å². The number of nitrogens with one attached hydrogen (secondary N) is 2. The van der Waals surface area contributed by atoms with Crippen molar-refractivity contribution in [3.63, 3.8) is 0 Å². The lowest BCUT2D eigenvalue weighted by Crippen LogP contribution is -2.17. The van der Waals surface area contributed by atoms with E-state index < -0.39 is 0 Å². The van der Waals surface area contributed by atoms with Crippen LogP contribution in [0.15, 0.2) is 53.2 Å². The number of rotatable bonds is 4. The SMILES string of the molecule is O=c1[nH]c2ncc(-c3cnc4[nH]ccc4c3)cc2n1CCC1=CCOCC1. The van der Waals surface area contributed by atoms with Gasteiger partial charge in [-0.1, -0.05) is 11.6 Å². The first-order valence-corrected chi connectivity index (χ1v) is 9.06. The van der Waals surface area contributed by atoms with E-state index in [1.165, 1.54) is 5.57 Å². The van der Waals surface area contributed by atoms with Crippen LogP contribution in [0, 0.1) is 0 Å². The van der Waals surface area contributed by atoms with E-state index in [2.05, 4.69) is 32.1 Å². The predicted octanol–water partition coefficient (Wildman–Crippen LogP) is 3.00. The number of aromatic nitrogens is 5. The van der Waals surface area contributed by atoms with Crippen LogP contribution in [0.3, 0.4) is 0 Å². The summed E-state index contributed by atoms with van der Waals surface area (Å²) >= 11 is 0. The molecule has 2 N–H and O–H groups in total. The van der Waals surface area contributed by atoms with Gasteiger partial charge in [-0.2, -0.15) is 0 Å². The molecule has 0 saturated carbocycles. The Hall–Kier alpha value is -3.19. The van der Waals surface area contributed by atoms with Gasteiger partial charge >= 0.3 is 5.69 Å². The molecule has 0 unspecified atom stereocenters. The Morgan fingerprint density at radius 1 is 1.15 bits per heavy atom. The highest BCUT2D eigenvalue weighted by Crippen LogP contribution is 2.24. The quantitative estimate of drug-likeness (QED) is 0.547. The summed E-state index contributed by atoms with van der Waals surface area (Å²) in [6, 6.07) is 6.07. The monoisotopic (exact) mass is 361 g/mol. The minimum Gasteiger partial charge on any atom is -0.377 e. The molecule has 5 heterocycles. The lowest BCUT2D eigenvalue weighted by atomic mass is 10.1. The van der Waals surface area contributed by atoms with E-state index in [1.807, 2.05) is 24.5 Å². The number of hydrogen-bond acceptors (Lipinski definition) is 4. The van der Waals surface area contributed by atoms with Crippen molar-refractivity contribution in [3.05, 3.63) is 58.9 Å². The molecule has 7 heteroatoms. The zero-order valence-corrected chi connectivity index (χ0v) is 14.7. The Kier molecular flexibility index (Phi) is 3.86. The normalized spacial score (nSPS) is 14.7. The van der Waals surface area contributed by atoms with Gasteiger partial charge in [0.15, 0.2) is 5.65 Å². The van der Waals surface area contributed by atoms with Gasteiger partial charge in [-0.15, -0.1) is 0 Å². The van der Waals surface area contributed by atoms with Gasteiger partial charge in [0.2, 0.25) is 0 Å². The lowest BCUT2D eigenvalue weighted by molar-refractivity contribution is 0.153. The first kappa shape index (κ1) is 16.0. The molecule has 5 rings (SSSR count). The fourth-order valence-electron chi connectivity index (χ4n) is 3.56. The summed E-state index contributed by atoms with van der Waals surface area (Å²) in [4.78, 5) is 27.3. The molecule has 0 spiro atoms. The zero-order valence-electron chi connectivity index (χ0n) is 14.7. The Bertz CT molecular complexity index is 1210. The summed E-state index contributed by atoms with van der Waals surface area (Å²) < 4.78 is 7.12. The minimum atomic E-state index is -0.124. The van der Waals surface area contributed by atoms with Crippen molar-refractivity contribution in [3.8, 4) is 11.1 Å². The molecule has 0 amide bonds. The lowest BCUT2D eigenvalue weighted by Gasteiger charge is -2.13. The fraction of sp³-hybridized carbons (Fsp3) is 0.250. The van der Waals surface area contributed by atoms with Crippen LogP contribution in [-0.4, -0.2) is 37.7 Å². The van der Waals surface area contributed by atoms with Crippen molar-refractivity contribution in [2.45, 2.75) is 19.4 Å². The number of aromatic amines is 2. The molecular weight excluding hydrogens is 342 g/mol. The number of ether oxygens (including phenoxy) is 1. The number of imidazole rings is 1. The Labute approximate surface area is 154 Å². The second-order valence-corrected chi connectivity index (χ2v) is 6.75. The fourth-order valence-corrected chi connectivity index (χ4v) is 3.56. The van der Waals surface area contributed by atoms with Crippen molar-refractivity contribution in [2.24, 2.45) is 0 Å².